The first kappa shape index (κ1) is 14.6. The lowest BCUT2D eigenvalue weighted by Gasteiger charge is -2.20. The zero-order valence-electron chi connectivity index (χ0n) is 11.0. The summed E-state index contributed by atoms with van der Waals surface area (Å²) in [5.41, 5.74) is 1.88. The van der Waals surface area contributed by atoms with Crippen LogP contribution in [-0.4, -0.2) is 20.8 Å². The monoisotopic (exact) mass is 267 g/mol. The van der Waals surface area contributed by atoms with Crippen LogP contribution in [0.25, 0.3) is 0 Å². The lowest BCUT2D eigenvalue weighted by molar-refractivity contribution is 0.565. The van der Waals surface area contributed by atoms with Gasteiger partial charge in [0.1, 0.15) is 0 Å². The Morgan fingerprint density at radius 2 is 1.83 bits per heavy atom. The number of carbonyl (C=O) groups excluding carboxylic acids is 1. The van der Waals surface area contributed by atoms with Gasteiger partial charge in [0.2, 0.25) is 6.08 Å². The van der Waals surface area contributed by atoms with Crippen molar-refractivity contribution in [2.45, 2.75) is 31.9 Å². The molecular weight excluding hydrogens is 250 g/mol. The molecule has 98 valence electrons. The molecule has 5 heteroatoms. The highest BCUT2D eigenvalue weighted by Crippen LogP contribution is 2.28. The van der Waals surface area contributed by atoms with Crippen LogP contribution in [0.1, 0.15) is 31.9 Å². The van der Waals surface area contributed by atoms with E-state index in [0.29, 0.717) is 11.3 Å². The molecule has 0 amide bonds. The van der Waals surface area contributed by atoms with Gasteiger partial charge >= 0.3 is 0 Å². The van der Waals surface area contributed by atoms with Crippen LogP contribution < -0.4 is 0 Å². The van der Waals surface area contributed by atoms with Crippen molar-refractivity contribution in [3.63, 3.8) is 0 Å². The van der Waals surface area contributed by atoms with Crippen LogP contribution in [0.15, 0.2) is 23.2 Å². The summed E-state index contributed by atoms with van der Waals surface area (Å²) in [6, 6.07) is 5.21. The van der Waals surface area contributed by atoms with E-state index in [1.54, 1.807) is 12.1 Å². The van der Waals surface area contributed by atoms with Crippen molar-refractivity contribution < 1.29 is 13.2 Å². The molecule has 0 fully saturated rings. The van der Waals surface area contributed by atoms with Gasteiger partial charge in [0, 0.05) is 6.26 Å². The van der Waals surface area contributed by atoms with E-state index in [9.17, 15) is 13.2 Å². The Labute approximate surface area is 108 Å². The Bertz CT molecular complexity index is 591. The fraction of sp³-hybridized carbons (Fsp3) is 0.462. The summed E-state index contributed by atoms with van der Waals surface area (Å²) in [7, 11) is -3.11. The highest BCUT2D eigenvalue weighted by Gasteiger charge is 2.16. The Kier molecular flexibility index (Phi) is 4.09. The Balaban J connectivity index is 3.35. The molecule has 0 aliphatic rings. The predicted octanol–water partition coefficient (Wildman–Crippen LogP) is 2.50. The summed E-state index contributed by atoms with van der Waals surface area (Å²) in [5, 5.41) is 0. The molecule has 1 aromatic carbocycles. The Morgan fingerprint density at radius 1 is 1.22 bits per heavy atom. The molecule has 1 rings (SSSR count). The van der Waals surface area contributed by atoms with E-state index in [-0.39, 0.29) is 11.2 Å². The highest BCUT2D eigenvalue weighted by atomic mass is 32.2. The SMILES string of the molecule is CC(C)(C)c1cc(CS(C)(=O)=O)cc(N=C=O)c1. The topological polar surface area (TPSA) is 63.6 Å². The van der Waals surface area contributed by atoms with Gasteiger partial charge in [-0.05, 0) is 28.7 Å². The maximum atomic E-state index is 11.3. The van der Waals surface area contributed by atoms with E-state index in [1.807, 2.05) is 26.8 Å². The van der Waals surface area contributed by atoms with Crippen molar-refractivity contribution in [1.82, 2.24) is 0 Å². The molecule has 0 aliphatic carbocycles. The van der Waals surface area contributed by atoms with Gasteiger partial charge in [-0.3, -0.25) is 0 Å². The third-order valence-electron chi connectivity index (χ3n) is 2.45. The minimum atomic E-state index is -3.11. The second kappa shape index (κ2) is 5.04. The minimum absolute atomic E-state index is 0.0572. The molecule has 0 atom stereocenters. The Morgan fingerprint density at radius 3 is 2.28 bits per heavy atom. The maximum Gasteiger partial charge on any atom is 0.240 e. The standard InChI is InChI=1S/C13H17NO3S/c1-13(2,3)11-5-10(8-18(4,16)17)6-12(7-11)14-9-15/h5-7H,8H2,1-4H3. The molecule has 0 aromatic heterocycles. The first-order chi connectivity index (χ1) is 8.12. The zero-order chi connectivity index (χ0) is 14.0. The molecule has 0 bridgehead atoms. The van der Waals surface area contributed by atoms with Crippen LogP contribution in [0, 0.1) is 0 Å². The smallest absolute Gasteiger partial charge is 0.229 e. The summed E-state index contributed by atoms with van der Waals surface area (Å²) in [6.07, 6.45) is 2.66. The average molecular weight is 267 g/mol. The van der Waals surface area contributed by atoms with E-state index >= 15 is 0 Å². The fourth-order valence-corrected chi connectivity index (χ4v) is 2.38. The molecule has 0 N–H and O–H groups in total. The summed E-state index contributed by atoms with van der Waals surface area (Å²) in [5.74, 6) is -0.0572. The van der Waals surface area contributed by atoms with Crippen molar-refractivity contribution in [2.24, 2.45) is 4.99 Å². The first-order valence-electron chi connectivity index (χ1n) is 5.52. The summed E-state index contributed by atoms with van der Waals surface area (Å²) >= 11 is 0. The van der Waals surface area contributed by atoms with Crippen LogP contribution in [-0.2, 0) is 25.8 Å². The number of benzene rings is 1. The second-order valence-corrected chi connectivity index (χ2v) is 7.55. The van der Waals surface area contributed by atoms with Gasteiger partial charge in [-0.1, -0.05) is 26.8 Å². The lowest BCUT2D eigenvalue weighted by atomic mass is 9.86. The van der Waals surface area contributed by atoms with Crippen molar-refractivity contribution in [3.05, 3.63) is 29.3 Å². The number of hydrogen-bond acceptors (Lipinski definition) is 4. The van der Waals surface area contributed by atoms with E-state index in [1.165, 1.54) is 12.3 Å². The summed E-state index contributed by atoms with van der Waals surface area (Å²) < 4.78 is 22.6. The molecule has 0 spiro atoms. The van der Waals surface area contributed by atoms with Crippen molar-refractivity contribution in [2.75, 3.05) is 6.26 Å². The van der Waals surface area contributed by atoms with E-state index < -0.39 is 9.84 Å². The molecule has 0 unspecified atom stereocenters. The third-order valence-corrected chi connectivity index (χ3v) is 3.30. The van der Waals surface area contributed by atoms with Crippen LogP contribution in [0.5, 0.6) is 0 Å². The lowest BCUT2D eigenvalue weighted by Crippen LogP contribution is -2.12. The number of sulfone groups is 1. The van der Waals surface area contributed by atoms with Crippen molar-refractivity contribution in [1.29, 1.82) is 0 Å². The van der Waals surface area contributed by atoms with Gasteiger partial charge in [-0.2, -0.15) is 4.99 Å². The molecule has 0 saturated heterocycles. The molecule has 18 heavy (non-hydrogen) atoms. The van der Waals surface area contributed by atoms with Gasteiger partial charge in [-0.25, -0.2) is 13.2 Å². The van der Waals surface area contributed by atoms with Gasteiger partial charge in [0.15, 0.2) is 9.84 Å². The van der Waals surface area contributed by atoms with Gasteiger partial charge in [0.05, 0.1) is 11.4 Å². The first-order valence-corrected chi connectivity index (χ1v) is 7.58. The fourth-order valence-electron chi connectivity index (χ4n) is 1.61. The second-order valence-electron chi connectivity index (χ2n) is 5.41. The van der Waals surface area contributed by atoms with Crippen LogP contribution in [0.3, 0.4) is 0 Å². The Hall–Kier alpha value is -1.45. The van der Waals surface area contributed by atoms with Crippen LogP contribution in [0.2, 0.25) is 0 Å². The summed E-state index contributed by atoms with van der Waals surface area (Å²) in [4.78, 5) is 13.9. The van der Waals surface area contributed by atoms with Gasteiger partial charge in [0.25, 0.3) is 0 Å². The number of nitrogens with zero attached hydrogens (tertiary/aromatic N) is 1. The summed E-state index contributed by atoms with van der Waals surface area (Å²) in [6.45, 7) is 6.04. The molecule has 0 saturated carbocycles. The van der Waals surface area contributed by atoms with E-state index in [2.05, 4.69) is 4.99 Å². The van der Waals surface area contributed by atoms with E-state index in [0.717, 1.165) is 5.56 Å². The maximum absolute atomic E-state index is 11.3. The highest BCUT2D eigenvalue weighted by molar-refractivity contribution is 7.89. The van der Waals surface area contributed by atoms with Crippen molar-refractivity contribution >= 4 is 21.6 Å². The van der Waals surface area contributed by atoms with Gasteiger partial charge < -0.3 is 0 Å². The molecule has 4 nitrogen and oxygen atoms in total. The van der Waals surface area contributed by atoms with Crippen molar-refractivity contribution in [3.8, 4) is 0 Å². The molecule has 0 radical (unpaired) electrons. The number of hydrogen-bond donors (Lipinski definition) is 0. The molecule has 0 aliphatic heterocycles. The number of rotatable bonds is 3. The number of aliphatic imine (C=N–C) groups is 1. The molecule has 1 aromatic rings. The average Bonchev–Trinajstić information content (AvgIpc) is 2.13. The predicted molar refractivity (Wildman–Crippen MR) is 71.5 cm³/mol. The van der Waals surface area contributed by atoms with E-state index in [4.69, 9.17) is 0 Å². The normalized spacial score (nSPS) is 12.0. The minimum Gasteiger partial charge on any atom is -0.229 e. The van der Waals surface area contributed by atoms with Crippen LogP contribution >= 0.6 is 0 Å². The third kappa shape index (κ3) is 4.43. The molecule has 0 heterocycles. The quantitative estimate of drug-likeness (QED) is 0.624. The largest absolute Gasteiger partial charge is 0.240 e. The van der Waals surface area contributed by atoms with Crippen LogP contribution in [0.4, 0.5) is 5.69 Å². The number of isocyanates is 1. The zero-order valence-corrected chi connectivity index (χ0v) is 11.8. The van der Waals surface area contributed by atoms with Gasteiger partial charge in [-0.15, -0.1) is 0 Å². The molecular formula is C13H17NO3S.